The van der Waals surface area contributed by atoms with E-state index >= 15 is 0 Å². The zero-order valence-corrected chi connectivity index (χ0v) is 17.6. The highest BCUT2D eigenvalue weighted by Crippen LogP contribution is 2.41. The van der Waals surface area contributed by atoms with Crippen molar-refractivity contribution in [1.29, 1.82) is 0 Å². The summed E-state index contributed by atoms with van der Waals surface area (Å²) in [5, 5.41) is 11.7. The summed E-state index contributed by atoms with van der Waals surface area (Å²) in [6, 6.07) is 23.2. The fourth-order valence-corrected chi connectivity index (χ4v) is 5.08. The molecule has 0 aliphatic carbocycles. The Hall–Kier alpha value is -2.96. The van der Waals surface area contributed by atoms with Crippen molar-refractivity contribution < 1.29 is 5.11 Å². The second-order valence-corrected chi connectivity index (χ2v) is 8.59. The Kier molecular flexibility index (Phi) is 4.45. The van der Waals surface area contributed by atoms with Crippen LogP contribution in [0.1, 0.15) is 5.56 Å². The quantitative estimate of drug-likeness (QED) is 0.368. The van der Waals surface area contributed by atoms with Crippen LogP contribution in [0.5, 0.6) is 5.75 Å². The van der Waals surface area contributed by atoms with E-state index in [1.807, 2.05) is 66.7 Å². The van der Waals surface area contributed by atoms with Gasteiger partial charge in [-0.1, -0.05) is 66.7 Å². The van der Waals surface area contributed by atoms with Crippen LogP contribution in [0.25, 0.3) is 31.7 Å². The molecule has 29 heavy (non-hydrogen) atoms. The van der Waals surface area contributed by atoms with Crippen LogP contribution in [0.4, 0.5) is 0 Å². The highest BCUT2D eigenvalue weighted by Gasteiger charge is 2.19. The smallest absolute Gasteiger partial charge is 0.263 e. The van der Waals surface area contributed by atoms with E-state index in [9.17, 15) is 9.90 Å². The minimum absolute atomic E-state index is 0.106. The largest absolute Gasteiger partial charge is 0.505 e. The molecule has 0 atom stereocenters. The number of nitrogens with zero attached hydrogens (tertiary/aromatic N) is 2. The number of fused-ring (bicyclic) bond motifs is 3. The van der Waals surface area contributed by atoms with Gasteiger partial charge in [0.05, 0.1) is 21.1 Å². The van der Waals surface area contributed by atoms with E-state index in [0.29, 0.717) is 31.8 Å². The molecule has 0 saturated carbocycles. The Bertz CT molecular complexity index is 1410. The van der Waals surface area contributed by atoms with E-state index in [0.717, 1.165) is 16.5 Å². The lowest BCUT2D eigenvalue weighted by Crippen LogP contribution is -2.23. The van der Waals surface area contributed by atoms with Crippen LogP contribution in [0.15, 0.2) is 82.1 Å². The van der Waals surface area contributed by atoms with Crippen LogP contribution in [0.3, 0.4) is 0 Å². The molecule has 0 aliphatic heterocycles. The maximum Gasteiger partial charge on any atom is 0.263 e. The highest BCUT2D eigenvalue weighted by atomic mass is 79.9. The van der Waals surface area contributed by atoms with Crippen molar-refractivity contribution in [2.45, 2.75) is 6.54 Å². The molecule has 142 valence electrons. The first-order chi connectivity index (χ1) is 14.1. The third kappa shape index (κ3) is 3.05. The molecule has 3 aromatic carbocycles. The average Bonchev–Trinajstić information content (AvgIpc) is 3.13. The number of benzene rings is 3. The fraction of sp³-hybridized carbons (Fsp3) is 0.0435. The zero-order chi connectivity index (χ0) is 20.0. The lowest BCUT2D eigenvalue weighted by molar-refractivity contribution is 0.479. The molecule has 0 spiro atoms. The van der Waals surface area contributed by atoms with E-state index < -0.39 is 0 Å². The summed E-state index contributed by atoms with van der Waals surface area (Å²) in [4.78, 5) is 19.1. The predicted molar refractivity (Wildman–Crippen MR) is 122 cm³/mol. The highest BCUT2D eigenvalue weighted by molar-refractivity contribution is 9.10. The Balaban J connectivity index is 1.86. The van der Waals surface area contributed by atoms with Crippen molar-refractivity contribution in [2.75, 3.05) is 0 Å². The Morgan fingerprint density at radius 2 is 1.66 bits per heavy atom. The monoisotopic (exact) mass is 462 g/mol. The van der Waals surface area contributed by atoms with E-state index in [1.165, 1.54) is 11.3 Å². The van der Waals surface area contributed by atoms with Crippen LogP contribution in [0.2, 0.25) is 0 Å². The lowest BCUT2D eigenvalue weighted by atomic mass is 10.1. The Morgan fingerprint density at radius 1 is 0.966 bits per heavy atom. The average molecular weight is 463 g/mol. The third-order valence-corrected chi connectivity index (χ3v) is 6.65. The molecule has 0 radical (unpaired) electrons. The van der Waals surface area contributed by atoms with Gasteiger partial charge in [0.1, 0.15) is 16.4 Å². The van der Waals surface area contributed by atoms with Crippen LogP contribution in [0, 0.1) is 0 Å². The van der Waals surface area contributed by atoms with Crippen LogP contribution < -0.4 is 5.56 Å². The molecular formula is C23H15BrN2O2S. The number of phenolic OH excluding ortho intramolecular Hbond substituents is 1. The van der Waals surface area contributed by atoms with E-state index in [4.69, 9.17) is 4.98 Å². The van der Waals surface area contributed by atoms with Crippen molar-refractivity contribution >= 4 is 47.6 Å². The molecule has 4 nitrogen and oxygen atoms in total. The van der Waals surface area contributed by atoms with Gasteiger partial charge in [0, 0.05) is 10.9 Å². The molecule has 5 aromatic rings. The van der Waals surface area contributed by atoms with Crippen molar-refractivity contribution in [2.24, 2.45) is 0 Å². The maximum absolute atomic E-state index is 13.6. The number of aromatic hydroxyl groups is 1. The summed E-state index contributed by atoms with van der Waals surface area (Å²) in [5.74, 6) is 0.762. The number of rotatable bonds is 3. The zero-order valence-electron chi connectivity index (χ0n) is 15.2. The van der Waals surface area contributed by atoms with Gasteiger partial charge in [-0.3, -0.25) is 9.36 Å². The summed E-state index contributed by atoms with van der Waals surface area (Å²) in [6.07, 6.45) is 0. The summed E-state index contributed by atoms with van der Waals surface area (Å²) in [7, 11) is 0. The summed E-state index contributed by atoms with van der Waals surface area (Å²) < 4.78 is 2.98. The van der Waals surface area contributed by atoms with Crippen molar-refractivity contribution in [3.05, 3.63) is 93.2 Å². The molecule has 0 amide bonds. The van der Waals surface area contributed by atoms with Gasteiger partial charge in [-0.2, -0.15) is 0 Å². The van der Waals surface area contributed by atoms with E-state index in [1.54, 1.807) is 10.6 Å². The van der Waals surface area contributed by atoms with Gasteiger partial charge in [-0.05, 0) is 27.6 Å². The number of halogens is 1. The van der Waals surface area contributed by atoms with E-state index in [-0.39, 0.29) is 11.3 Å². The molecule has 5 rings (SSSR count). The molecule has 0 fully saturated rings. The molecular weight excluding hydrogens is 448 g/mol. The predicted octanol–water partition coefficient (Wildman–Crippen LogP) is 5.79. The number of aromatic nitrogens is 2. The molecule has 6 heteroatoms. The number of phenols is 1. The molecule has 0 bridgehead atoms. The van der Waals surface area contributed by atoms with Gasteiger partial charge < -0.3 is 5.11 Å². The Labute approximate surface area is 178 Å². The molecule has 0 saturated heterocycles. The SMILES string of the molecule is O=c1c2c(nc(-c3ccccc3)n1Cc1ccccc1)sc1c(O)c(Br)ccc12. The maximum atomic E-state index is 13.6. The first-order valence-electron chi connectivity index (χ1n) is 9.07. The molecule has 2 heterocycles. The first kappa shape index (κ1) is 18.1. The molecule has 2 aromatic heterocycles. The first-order valence-corrected chi connectivity index (χ1v) is 10.7. The number of hydrogen-bond donors (Lipinski definition) is 1. The lowest BCUT2D eigenvalue weighted by Gasteiger charge is -2.13. The topological polar surface area (TPSA) is 55.1 Å². The van der Waals surface area contributed by atoms with Gasteiger partial charge in [-0.15, -0.1) is 11.3 Å². The van der Waals surface area contributed by atoms with Gasteiger partial charge in [0.25, 0.3) is 5.56 Å². The molecule has 0 unspecified atom stereocenters. The van der Waals surface area contributed by atoms with Gasteiger partial charge >= 0.3 is 0 Å². The second-order valence-electron chi connectivity index (χ2n) is 6.73. The van der Waals surface area contributed by atoms with Crippen molar-refractivity contribution in [1.82, 2.24) is 9.55 Å². The minimum atomic E-state index is -0.106. The van der Waals surface area contributed by atoms with Gasteiger partial charge in [-0.25, -0.2) is 4.98 Å². The van der Waals surface area contributed by atoms with Crippen LogP contribution in [-0.4, -0.2) is 14.7 Å². The minimum Gasteiger partial charge on any atom is -0.505 e. The fourth-order valence-electron chi connectivity index (χ4n) is 3.50. The van der Waals surface area contributed by atoms with Crippen LogP contribution >= 0.6 is 27.3 Å². The molecule has 1 N–H and O–H groups in total. The normalized spacial score (nSPS) is 11.3. The summed E-state index contributed by atoms with van der Waals surface area (Å²) in [5.41, 5.74) is 1.80. The third-order valence-electron chi connectivity index (χ3n) is 4.90. The summed E-state index contributed by atoms with van der Waals surface area (Å²) in [6.45, 7) is 0.423. The second kappa shape index (κ2) is 7.13. The summed E-state index contributed by atoms with van der Waals surface area (Å²) >= 11 is 4.69. The standard InChI is InChI=1S/C23H15BrN2O2S/c24-17-12-11-16-18-22(29-20(16)19(17)27)25-21(15-9-5-2-6-10-15)26(23(18)28)13-14-7-3-1-4-8-14/h1-12,27H,13H2. The Morgan fingerprint density at radius 3 is 2.38 bits per heavy atom. The number of hydrogen-bond acceptors (Lipinski definition) is 4. The number of thiophene rings is 1. The molecule has 0 aliphatic rings. The van der Waals surface area contributed by atoms with E-state index in [2.05, 4.69) is 15.9 Å². The van der Waals surface area contributed by atoms with Crippen molar-refractivity contribution in [3.8, 4) is 17.1 Å². The van der Waals surface area contributed by atoms with Gasteiger partial charge in [0.15, 0.2) is 0 Å². The van der Waals surface area contributed by atoms with Crippen LogP contribution in [-0.2, 0) is 6.54 Å². The van der Waals surface area contributed by atoms with Crippen molar-refractivity contribution in [3.63, 3.8) is 0 Å². The van der Waals surface area contributed by atoms with Gasteiger partial charge in [0.2, 0.25) is 0 Å².